The van der Waals surface area contributed by atoms with Crippen molar-refractivity contribution in [2.45, 2.75) is 193 Å². The summed E-state index contributed by atoms with van der Waals surface area (Å²) in [5.41, 5.74) is 0. The molecule has 0 aliphatic rings. The Balaban J connectivity index is 3.97. The van der Waals surface area contributed by atoms with Crippen LogP contribution in [0.4, 0.5) is 0 Å². The van der Waals surface area contributed by atoms with Crippen LogP contribution in [0.2, 0.25) is 0 Å². The van der Waals surface area contributed by atoms with Crippen LogP contribution in [0.25, 0.3) is 0 Å². The molecule has 11 heteroatoms. The van der Waals surface area contributed by atoms with Gasteiger partial charge in [-0.25, -0.2) is 4.57 Å². The average molecular weight is 773 g/mol. The summed E-state index contributed by atoms with van der Waals surface area (Å²) in [6, 6.07) is 0. The van der Waals surface area contributed by atoms with Crippen molar-refractivity contribution in [2.24, 2.45) is 0 Å². The minimum absolute atomic E-state index is 0.175. The van der Waals surface area contributed by atoms with E-state index >= 15 is 0 Å². The molecule has 3 N–H and O–H groups in total. The predicted molar refractivity (Wildman–Crippen MR) is 214 cm³/mol. The number of phosphoric ester groups is 1. The summed E-state index contributed by atoms with van der Waals surface area (Å²) >= 11 is 0. The lowest BCUT2D eigenvalue weighted by Crippen LogP contribution is -2.28. The standard InChI is InChI=1S/C42H77O10P/c1-3-5-7-9-11-13-15-17-19-21-23-25-27-29-31-33-41(45)51-39(35-43)37-49-53(47,48)50-38-40(36-44)52-42(46)34-32-30-28-26-24-22-20-18-16-14-12-10-8-6-4-2/h11,13,17-20,39-40,43-44H,3-10,12,14-16,21-38H2,1-2H3,(H,47,48)/b13-11-,19-17-,20-18-. The number of hydrogen-bond acceptors (Lipinski definition) is 9. The van der Waals surface area contributed by atoms with Gasteiger partial charge in [-0.05, 0) is 70.6 Å². The van der Waals surface area contributed by atoms with Crippen molar-refractivity contribution < 1.29 is 47.8 Å². The van der Waals surface area contributed by atoms with Gasteiger partial charge in [0.2, 0.25) is 0 Å². The van der Waals surface area contributed by atoms with E-state index in [0.717, 1.165) is 83.5 Å². The third-order valence-corrected chi connectivity index (χ3v) is 9.78. The number of carbonyl (C=O) groups is 2. The average Bonchev–Trinajstić information content (AvgIpc) is 3.14. The molecule has 0 bridgehead atoms. The molecule has 0 aliphatic carbocycles. The van der Waals surface area contributed by atoms with Crippen LogP contribution in [0.1, 0.15) is 181 Å². The maximum absolute atomic E-state index is 12.3. The van der Waals surface area contributed by atoms with Crippen LogP contribution >= 0.6 is 7.82 Å². The van der Waals surface area contributed by atoms with Crippen molar-refractivity contribution in [1.29, 1.82) is 0 Å². The fraction of sp³-hybridized carbons (Fsp3) is 0.810. The molecule has 0 amide bonds. The van der Waals surface area contributed by atoms with Gasteiger partial charge in [-0.3, -0.25) is 18.6 Å². The van der Waals surface area contributed by atoms with E-state index < -0.39 is 58.4 Å². The Morgan fingerprint density at radius 3 is 1.23 bits per heavy atom. The SMILES string of the molecule is CCCCC/C=C\C/C=C\CCCCCCCC(=O)OC(CO)COP(=O)(O)OCC(CO)OC(=O)CCCCCCC/C=C\CCCCCCCC. The van der Waals surface area contributed by atoms with Crippen molar-refractivity contribution in [1.82, 2.24) is 0 Å². The predicted octanol–water partition coefficient (Wildman–Crippen LogP) is 10.8. The number of rotatable bonds is 39. The van der Waals surface area contributed by atoms with Crippen LogP contribution in [0, 0.1) is 0 Å². The lowest BCUT2D eigenvalue weighted by Gasteiger charge is -2.20. The smallest absolute Gasteiger partial charge is 0.457 e. The summed E-state index contributed by atoms with van der Waals surface area (Å²) in [7, 11) is -4.64. The highest BCUT2D eigenvalue weighted by Gasteiger charge is 2.27. The third kappa shape index (κ3) is 36.9. The zero-order valence-electron chi connectivity index (χ0n) is 33.5. The van der Waals surface area contributed by atoms with E-state index in [-0.39, 0.29) is 12.8 Å². The number of esters is 2. The molecule has 0 spiro atoms. The van der Waals surface area contributed by atoms with Crippen molar-refractivity contribution in [3.05, 3.63) is 36.5 Å². The molecule has 0 saturated heterocycles. The van der Waals surface area contributed by atoms with Crippen LogP contribution in [-0.2, 0) is 32.7 Å². The monoisotopic (exact) mass is 773 g/mol. The van der Waals surface area contributed by atoms with E-state index in [4.69, 9.17) is 18.5 Å². The summed E-state index contributed by atoms with van der Waals surface area (Å²) in [6.45, 7) is 2.15. The number of phosphoric acid groups is 1. The number of allylic oxidation sites excluding steroid dienone is 6. The van der Waals surface area contributed by atoms with Crippen molar-refractivity contribution >= 4 is 19.8 Å². The van der Waals surface area contributed by atoms with E-state index in [2.05, 4.69) is 50.3 Å². The van der Waals surface area contributed by atoms with Crippen LogP contribution in [0.15, 0.2) is 36.5 Å². The molecule has 3 unspecified atom stereocenters. The van der Waals surface area contributed by atoms with Gasteiger partial charge in [-0.2, -0.15) is 0 Å². The molecular weight excluding hydrogens is 695 g/mol. The molecule has 0 aromatic rings. The highest BCUT2D eigenvalue weighted by molar-refractivity contribution is 7.47. The molecule has 0 heterocycles. The van der Waals surface area contributed by atoms with Crippen molar-refractivity contribution in [3.63, 3.8) is 0 Å². The van der Waals surface area contributed by atoms with Gasteiger partial charge >= 0.3 is 19.8 Å². The first kappa shape index (κ1) is 51.2. The van der Waals surface area contributed by atoms with E-state index in [1.165, 1.54) is 57.8 Å². The van der Waals surface area contributed by atoms with Crippen LogP contribution in [0.5, 0.6) is 0 Å². The Hall–Kier alpha value is -1.81. The van der Waals surface area contributed by atoms with Gasteiger partial charge in [0, 0.05) is 12.8 Å². The van der Waals surface area contributed by atoms with Crippen LogP contribution in [-0.4, -0.2) is 65.7 Å². The van der Waals surface area contributed by atoms with Crippen LogP contribution in [0.3, 0.4) is 0 Å². The quantitative estimate of drug-likeness (QED) is 0.0238. The second-order valence-corrected chi connectivity index (χ2v) is 15.4. The maximum atomic E-state index is 12.3. The summed E-state index contributed by atoms with van der Waals surface area (Å²) in [5, 5.41) is 19.1. The molecule has 310 valence electrons. The van der Waals surface area contributed by atoms with E-state index in [1.54, 1.807) is 0 Å². The second-order valence-electron chi connectivity index (χ2n) is 14.0. The molecule has 0 saturated carbocycles. The molecule has 0 aromatic heterocycles. The lowest BCUT2D eigenvalue weighted by molar-refractivity contribution is -0.153. The maximum Gasteiger partial charge on any atom is 0.472 e. The summed E-state index contributed by atoms with van der Waals surface area (Å²) < 4.78 is 32.5. The topological polar surface area (TPSA) is 149 Å². The number of carbonyl (C=O) groups excluding carboxylic acids is 2. The normalized spacial score (nSPS) is 14.3. The fourth-order valence-electron chi connectivity index (χ4n) is 5.55. The van der Waals surface area contributed by atoms with Crippen LogP contribution < -0.4 is 0 Å². The van der Waals surface area contributed by atoms with Gasteiger partial charge in [-0.1, -0.05) is 134 Å². The molecule has 0 aliphatic heterocycles. The number of ether oxygens (including phenoxy) is 2. The first-order valence-corrected chi connectivity index (χ1v) is 22.4. The molecule has 0 radical (unpaired) electrons. The highest BCUT2D eigenvalue weighted by Crippen LogP contribution is 2.43. The molecule has 10 nitrogen and oxygen atoms in total. The Morgan fingerprint density at radius 1 is 0.509 bits per heavy atom. The Kier molecular flexibility index (Phi) is 37.2. The van der Waals surface area contributed by atoms with Gasteiger partial charge < -0.3 is 24.6 Å². The number of aliphatic hydroxyl groups excluding tert-OH is 2. The van der Waals surface area contributed by atoms with E-state index in [0.29, 0.717) is 12.8 Å². The second kappa shape index (κ2) is 38.5. The number of unbranched alkanes of at least 4 members (excludes halogenated alkanes) is 19. The minimum atomic E-state index is -4.64. The van der Waals surface area contributed by atoms with E-state index in [1.807, 2.05) is 0 Å². The molecule has 0 rings (SSSR count). The van der Waals surface area contributed by atoms with E-state index in [9.17, 15) is 29.3 Å². The third-order valence-electron chi connectivity index (χ3n) is 8.82. The molecule has 53 heavy (non-hydrogen) atoms. The Labute approximate surface area is 322 Å². The zero-order valence-corrected chi connectivity index (χ0v) is 34.4. The summed E-state index contributed by atoms with van der Waals surface area (Å²) in [6.07, 6.45) is 38.3. The van der Waals surface area contributed by atoms with Crippen molar-refractivity contribution in [2.75, 3.05) is 26.4 Å². The fourth-order valence-corrected chi connectivity index (χ4v) is 6.33. The van der Waals surface area contributed by atoms with Gasteiger partial charge in [0.05, 0.1) is 26.4 Å². The summed E-state index contributed by atoms with van der Waals surface area (Å²) in [4.78, 5) is 34.4. The highest BCUT2D eigenvalue weighted by atomic mass is 31.2. The number of aliphatic hydroxyl groups is 2. The molecule has 0 fully saturated rings. The molecule has 3 atom stereocenters. The number of hydrogen-bond donors (Lipinski definition) is 3. The summed E-state index contributed by atoms with van der Waals surface area (Å²) in [5.74, 6) is -1.04. The molecule has 0 aromatic carbocycles. The first-order valence-electron chi connectivity index (χ1n) is 20.9. The minimum Gasteiger partial charge on any atom is -0.457 e. The van der Waals surface area contributed by atoms with Gasteiger partial charge in [0.1, 0.15) is 12.2 Å². The molecular formula is C42H77O10P. The van der Waals surface area contributed by atoms with Gasteiger partial charge in [-0.15, -0.1) is 0 Å². The van der Waals surface area contributed by atoms with Crippen molar-refractivity contribution in [3.8, 4) is 0 Å². The Morgan fingerprint density at radius 2 is 0.830 bits per heavy atom. The largest absolute Gasteiger partial charge is 0.472 e. The zero-order chi connectivity index (χ0) is 39.1. The Bertz CT molecular complexity index is 983. The van der Waals surface area contributed by atoms with Gasteiger partial charge in [0.25, 0.3) is 0 Å². The van der Waals surface area contributed by atoms with Gasteiger partial charge in [0.15, 0.2) is 0 Å². The lowest BCUT2D eigenvalue weighted by atomic mass is 10.1. The first-order chi connectivity index (χ1) is 25.8.